The van der Waals surface area contributed by atoms with Crippen molar-refractivity contribution < 1.29 is 35.8 Å². The summed E-state index contributed by atoms with van der Waals surface area (Å²) in [6, 6.07) is 1.09. The number of imidazole rings is 1. The van der Waals surface area contributed by atoms with Crippen LogP contribution in [0, 0.1) is 18.6 Å². The number of likely N-dealkylation sites (tertiary alicyclic amines) is 1. The summed E-state index contributed by atoms with van der Waals surface area (Å²) in [4.78, 5) is 9.82. The van der Waals surface area contributed by atoms with Crippen molar-refractivity contribution >= 4 is 22.5 Å². The van der Waals surface area contributed by atoms with Gasteiger partial charge in [0.15, 0.2) is 11.6 Å². The monoisotopic (exact) mass is 571 g/mol. The number of nitrogens with zero attached hydrogens (tertiary/aromatic N) is 6. The number of methoxy groups -OCH3 is 2. The zero-order valence-electron chi connectivity index (χ0n) is 21.9. The maximum atomic E-state index is 15.3. The van der Waals surface area contributed by atoms with Gasteiger partial charge in [-0.3, -0.25) is 4.90 Å². The van der Waals surface area contributed by atoms with Gasteiger partial charge in [-0.05, 0) is 31.0 Å². The molecule has 1 aliphatic rings. The minimum atomic E-state index is -3.11. The molecule has 216 valence electrons. The van der Waals surface area contributed by atoms with E-state index in [0.29, 0.717) is 19.7 Å². The average Bonchev–Trinajstić information content (AvgIpc) is 3.39. The van der Waals surface area contributed by atoms with Crippen molar-refractivity contribution in [1.82, 2.24) is 29.0 Å². The Morgan fingerprint density at radius 2 is 1.93 bits per heavy atom. The molecule has 0 bridgehead atoms. The zero-order valence-corrected chi connectivity index (χ0v) is 21.9. The van der Waals surface area contributed by atoms with Crippen molar-refractivity contribution in [2.75, 3.05) is 45.8 Å². The Morgan fingerprint density at radius 3 is 2.60 bits per heavy atom. The summed E-state index contributed by atoms with van der Waals surface area (Å²) < 4.78 is 99.1. The highest BCUT2D eigenvalue weighted by Crippen LogP contribution is 2.37. The maximum absolute atomic E-state index is 15.3. The number of ether oxygens (including phenoxy) is 2. The number of hydrogen-bond donors (Lipinski definition) is 1. The van der Waals surface area contributed by atoms with E-state index < -0.39 is 43.1 Å². The second-order valence-corrected chi connectivity index (χ2v) is 9.59. The van der Waals surface area contributed by atoms with Gasteiger partial charge in [0.2, 0.25) is 11.8 Å². The number of rotatable bonds is 9. The van der Waals surface area contributed by atoms with E-state index >= 15 is 8.78 Å². The van der Waals surface area contributed by atoms with Crippen molar-refractivity contribution in [3.05, 3.63) is 35.8 Å². The van der Waals surface area contributed by atoms with E-state index in [9.17, 15) is 17.6 Å². The molecule has 1 N–H and O–H groups in total. The minimum absolute atomic E-state index is 0.00194. The molecule has 0 unspecified atom stereocenters. The van der Waals surface area contributed by atoms with Crippen molar-refractivity contribution in [2.24, 2.45) is 0 Å². The number of aryl methyl sites for hydroxylation is 1. The number of piperidine rings is 1. The number of halogens is 6. The predicted molar refractivity (Wildman–Crippen MR) is 134 cm³/mol. The molecule has 1 atom stereocenters. The summed E-state index contributed by atoms with van der Waals surface area (Å²) in [5.41, 5.74) is -0.206. The van der Waals surface area contributed by atoms with Gasteiger partial charge in [0.05, 0.1) is 50.1 Å². The SMILES string of the molecule is COCCN1CC[C@@H](Nc2nc(OC)c3c(-c4cc(F)c5nc(C)n(CC(F)F)c5c4)c(F)cn3n2)C(F)(F)C1. The second kappa shape index (κ2) is 10.8. The second-order valence-electron chi connectivity index (χ2n) is 9.59. The summed E-state index contributed by atoms with van der Waals surface area (Å²) in [5.74, 6) is -4.98. The first-order valence-electron chi connectivity index (χ1n) is 12.5. The summed E-state index contributed by atoms with van der Waals surface area (Å²) in [7, 11) is 2.76. The number of anilines is 1. The molecule has 40 heavy (non-hydrogen) atoms. The van der Waals surface area contributed by atoms with Gasteiger partial charge in [-0.1, -0.05) is 0 Å². The summed E-state index contributed by atoms with van der Waals surface area (Å²) in [5, 5.41) is 6.81. The molecule has 5 rings (SSSR count). The summed E-state index contributed by atoms with van der Waals surface area (Å²) in [6.07, 6.45) is -1.65. The maximum Gasteiger partial charge on any atom is 0.280 e. The highest BCUT2D eigenvalue weighted by Gasteiger charge is 2.45. The van der Waals surface area contributed by atoms with Gasteiger partial charge in [0, 0.05) is 20.2 Å². The van der Waals surface area contributed by atoms with E-state index in [4.69, 9.17) is 9.47 Å². The normalized spacial score (nSPS) is 17.8. The first kappa shape index (κ1) is 28.0. The van der Waals surface area contributed by atoms with Crippen LogP contribution in [0.1, 0.15) is 12.2 Å². The predicted octanol–water partition coefficient (Wildman–Crippen LogP) is 4.37. The fraction of sp³-hybridized carbons (Fsp3) is 0.480. The number of benzene rings is 1. The van der Waals surface area contributed by atoms with E-state index in [1.165, 1.54) is 27.2 Å². The molecule has 15 heteroatoms. The standard InChI is InChI=1S/C25H27F6N7O2/c1-13-32-21-15(26)8-14(9-17(21)37(13)11-19(28)29)20-16(27)10-38-22(20)23(40-3)34-24(35-38)33-18-4-5-36(6-7-39-2)12-25(18,30)31/h8-10,18-19H,4-7,11-12H2,1-3H3,(H,33,35)/t18-/m1/s1. The van der Waals surface area contributed by atoms with E-state index in [0.717, 1.165) is 21.3 Å². The molecule has 1 fully saturated rings. The molecule has 0 aliphatic carbocycles. The van der Waals surface area contributed by atoms with Crippen LogP contribution in [0.3, 0.4) is 0 Å². The highest BCUT2D eigenvalue weighted by atomic mass is 19.3. The molecule has 0 saturated carbocycles. The van der Waals surface area contributed by atoms with Crippen LogP contribution in [0.15, 0.2) is 18.3 Å². The van der Waals surface area contributed by atoms with Crippen molar-refractivity contribution in [1.29, 1.82) is 0 Å². The van der Waals surface area contributed by atoms with Gasteiger partial charge in [-0.15, -0.1) is 5.10 Å². The van der Waals surface area contributed by atoms with Crippen LogP contribution in [-0.2, 0) is 11.3 Å². The average molecular weight is 572 g/mol. The number of nitrogens with one attached hydrogen (secondary N) is 1. The lowest BCUT2D eigenvalue weighted by Crippen LogP contribution is -2.55. The van der Waals surface area contributed by atoms with Crippen molar-refractivity contribution in [3.8, 4) is 17.0 Å². The fourth-order valence-electron chi connectivity index (χ4n) is 5.06. The van der Waals surface area contributed by atoms with Crippen LogP contribution >= 0.6 is 0 Å². The third-order valence-electron chi connectivity index (χ3n) is 6.95. The van der Waals surface area contributed by atoms with E-state index in [1.54, 1.807) is 4.90 Å². The molecule has 0 spiro atoms. The quantitative estimate of drug-likeness (QED) is 0.299. The fourth-order valence-corrected chi connectivity index (χ4v) is 5.06. The minimum Gasteiger partial charge on any atom is -0.479 e. The molecule has 1 saturated heterocycles. The third kappa shape index (κ3) is 5.14. The van der Waals surface area contributed by atoms with Gasteiger partial charge in [-0.25, -0.2) is 35.8 Å². The van der Waals surface area contributed by atoms with Gasteiger partial charge in [0.25, 0.3) is 12.3 Å². The van der Waals surface area contributed by atoms with Gasteiger partial charge in [-0.2, -0.15) is 4.98 Å². The number of alkyl halides is 4. The summed E-state index contributed by atoms with van der Waals surface area (Å²) >= 11 is 0. The molecule has 0 radical (unpaired) electrons. The van der Waals surface area contributed by atoms with Gasteiger partial charge < -0.3 is 19.4 Å². The molecule has 1 aliphatic heterocycles. The first-order valence-corrected chi connectivity index (χ1v) is 12.5. The molecular formula is C25H27F6N7O2. The highest BCUT2D eigenvalue weighted by molar-refractivity contribution is 5.90. The van der Waals surface area contributed by atoms with E-state index in [2.05, 4.69) is 20.4 Å². The van der Waals surface area contributed by atoms with Gasteiger partial charge >= 0.3 is 0 Å². The van der Waals surface area contributed by atoms with Crippen LogP contribution in [-0.4, -0.2) is 87.9 Å². The summed E-state index contributed by atoms with van der Waals surface area (Å²) in [6.45, 7) is 1.36. The van der Waals surface area contributed by atoms with Crippen LogP contribution in [0.5, 0.6) is 5.88 Å². The van der Waals surface area contributed by atoms with Gasteiger partial charge in [0.1, 0.15) is 16.9 Å². The third-order valence-corrected chi connectivity index (χ3v) is 6.95. The molecule has 9 nitrogen and oxygen atoms in total. The molecule has 3 aromatic heterocycles. The Hall–Kier alpha value is -3.59. The molecule has 4 aromatic rings. The Kier molecular flexibility index (Phi) is 7.52. The Bertz CT molecular complexity index is 1540. The Balaban J connectivity index is 1.52. The zero-order chi connectivity index (χ0) is 28.8. The number of aromatic nitrogens is 5. The van der Waals surface area contributed by atoms with Crippen LogP contribution in [0.25, 0.3) is 27.7 Å². The van der Waals surface area contributed by atoms with Crippen LogP contribution in [0.4, 0.5) is 32.3 Å². The first-order chi connectivity index (χ1) is 19.0. The molecule has 4 heterocycles. The number of fused-ring (bicyclic) bond motifs is 2. The smallest absolute Gasteiger partial charge is 0.280 e. The Morgan fingerprint density at radius 1 is 1.15 bits per heavy atom. The van der Waals surface area contributed by atoms with E-state index in [-0.39, 0.29) is 51.8 Å². The van der Waals surface area contributed by atoms with Crippen LogP contribution < -0.4 is 10.1 Å². The lowest BCUT2D eigenvalue weighted by Gasteiger charge is -2.38. The lowest BCUT2D eigenvalue weighted by molar-refractivity contribution is -0.0770. The largest absolute Gasteiger partial charge is 0.479 e. The van der Waals surface area contributed by atoms with Crippen molar-refractivity contribution in [3.63, 3.8) is 0 Å². The molecular weight excluding hydrogens is 544 g/mol. The Labute approximate surface area is 224 Å². The van der Waals surface area contributed by atoms with Crippen LogP contribution in [0.2, 0.25) is 0 Å². The topological polar surface area (TPSA) is 81.7 Å². The van der Waals surface area contributed by atoms with E-state index in [1.807, 2.05) is 0 Å². The molecule has 0 amide bonds. The number of hydrogen-bond acceptors (Lipinski definition) is 7. The molecule has 1 aromatic carbocycles. The lowest BCUT2D eigenvalue weighted by atomic mass is 10.0. The van der Waals surface area contributed by atoms with Crippen molar-refractivity contribution in [2.45, 2.75) is 38.3 Å².